The number of rotatable bonds is 5. The van der Waals surface area contributed by atoms with Crippen LogP contribution in [0.2, 0.25) is 0 Å². The summed E-state index contributed by atoms with van der Waals surface area (Å²) in [5.41, 5.74) is -0.718. The summed E-state index contributed by atoms with van der Waals surface area (Å²) in [6, 6.07) is 3.55. The van der Waals surface area contributed by atoms with E-state index in [2.05, 4.69) is 5.32 Å². The molecule has 1 aromatic rings. The molecule has 0 aliphatic heterocycles. The van der Waals surface area contributed by atoms with E-state index in [0.717, 1.165) is 6.26 Å². The maximum Gasteiger partial charge on any atom is 0.408 e. The van der Waals surface area contributed by atoms with Gasteiger partial charge in [0.25, 0.3) is 0 Å². The minimum atomic E-state index is -3.40. The second kappa shape index (κ2) is 7.25. The lowest BCUT2D eigenvalue weighted by Gasteiger charge is -2.24. The molecular formula is C15H21F2NO4S. The summed E-state index contributed by atoms with van der Waals surface area (Å²) in [6.07, 6.45) is -1.72. The Kier molecular flexibility index (Phi) is 6.10. The summed E-state index contributed by atoms with van der Waals surface area (Å²) in [4.78, 5) is 11.6. The monoisotopic (exact) mass is 349 g/mol. The van der Waals surface area contributed by atoms with Gasteiger partial charge in [-0.15, -0.1) is 0 Å². The van der Waals surface area contributed by atoms with E-state index in [4.69, 9.17) is 4.74 Å². The number of carbonyl (C=O) groups is 1. The fraction of sp³-hybridized carbons (Fsp3) is 0.533. The zero-order chi connectivity index (χ0) is 17.8. The molecule has 23 heavy (non-hydrogen) atoms. The average Bonchev–Trinajstić information content (AvgIpc) is 2.41. The molecule has 0 saturated heterocycles. The van der Waals surface area contributed by atoms with Gasteiger partial charge in [0.05, 0.1) is 10.9 Å². The molecule has 0 fully saturated rings. The molecule has 1 N–H and O–H groups in total. The van der Waals surface area contributed by atoms with Crippen LogP contribution in [0.3, 0.4) is 0 Å². The Bertz CT molecular complexity index is 638. The third-order valence-electron chi connectivity index (χ3n) is 2.85. The van der Waals surface area contributed by atoms with Gasteiger partial charge in [-0.1, -0.05) is 12.1 Å². The number of alkyl carbamates (subject to hydrolysis) is 1. The van der Waals surface area contributed by atoms with Gasteiger partial charge >= 0.3 is 6.09 Å². The second-order valence-electron chi connectivity index (χ2n) is 6.15. The number of ether oxygens (including phenoxy) is 1. The number of halogens is 2. The van der Waals surface area contributed by atoms with Crippen LogP contribution >= 0.6 is 0 Å². The predicted octanol–water partition coefficient (Wildman–Crippen LogP) is 2.96. The molecule has 0 bridgehead atoms. The third kappa shape index (κ3) is 6.13. The van der Waals surface area contributed by atoms with Crippen molar-refractivity contribution in [2.45, 2.75) is 43.5 Å². The Hall–Kier alpha value is -1.70. The van der Waals surface area contributed by atoms with Crippen LogP contribution in [0.15, 0.2) is 29.2 Å². The second-order valence-corrected chi connectivity index (χ2v) is 8.17. The number of amides is 1. The molecule has 0 aromatic heterocycles. The minimum Gasteiger partial charge on any atom is -0.444 e. The van der Waals surface area contributed by atoms with E-state index >= 15 is 0 Å². The van der Waals surface area contributed by atoms with Crippen LogP contribution in [-0.4, -0.2) is 39.1 Å². The lowest BCUT2D eigenvalue weighted by Crippen LogP contribution is -2.42. The molecule has 0 heterocycles. The van der Waals surface area contributed by atoms with E-state index in [-0.39, 0.29) is 10.5 Å². The molecule has 130 valence electrons. The fourth-order valence-corrected chi connectivity index (χ4v) is 2.41. The molecule has 1 aromatic carbocycles. The fourth-order valence-electron chi connectivity index (χ4n) is 1.78. The average molecular weight is 349 g/mol. The summed E-state index contributed by atoms with van der Waals surface area (Å²) >= 11 is 0. The van der Waals surface area contributed by atoms with Crippen molar-refractivity contribution in [3.8, 4) is 0 Å². The first-order valence-corrected chi connectivity index (χ1v) is 8.83. The molecule has 0 unspecified atom stereocenters. The normalized spacial score (nSPS) is 14.9. The van der Waals surface area contributed by atoms with E-state index in [1.165, 1.54) is 24.3 Å². The number of nitrogens with one attached hydrogen (secondary N) is 1. The summed E-state index contributed by atoms with van der Waals surface area (Å²) in [6.45, 7) is 3.77. The first kappa shape index (κ1) is 19.3. The Morgan fingerprint density at radius 3 is 2.17 bits per heavy atom. The van der Waals surface area contributed by atoms with Gasteiger partial charge in [-0.2, -0.15) is 0 Å². The smallest absolute Gasteiger partial charge is 0.408 e. The Morgan fingerprint density at radius 2 is 1.78 bits per heavy atom. The highest BCUT2D eigenvalue weighted by molar-refractivity contribution is 7.90. The number of sulfone groups is 1. The largest absolute Gasteiger partial charge is 0.444 e. The van der Waals surface area contributed by atoms with E-state index < -0.39 is 40.4 Å². The first-order chi connectivity index (χ1) is 10.4. The van der Waals surface area contributed by atoms with E-state index in [9.17, 15) is 22.0 Å². The lowest BCUT2D eigenvalue weighted by atomic mass is 10.0. The molecule has 1 rings (SSSR count). The van der Waals surface area contributed by atoms with E-state index in [1.54, 1.807) is 20.8 Å². The van der Waals surface area contributed by atoms with Crippen LogP contribution in [0.4, 0.5) is 13.6 Å². The van der Waals surface area contributed by atoms with Crippen molar-refractivity contribution in [1.82, 2.24) is 5.32 Å². The van der Waals surface area contributed by atoms with Gasteiger partial charge in [0.2, 0.25) is 0 Å². The number of carbonyl (C=O) groups excluding carboxylic acids is 1. The highest BCUT2D eigenvalue weighted by atomic mass is 32.2. The van der Waals surface area contributed by atoms with Crippen molar-refractivity contribution < 1.29 is 26.7 Å². The van der Waals surface area contributed by atoms with Gasteiger partial charge in [0.15, 0.2) is 9.84 Å². The standard InChI is InChI=1S/C15H21F2NO4S/c1-15(2,3)22-14(19)18-12(9-16)13(17)10-5-7-11(8-6-10)23(4,20)21/h5-8,12-13H,9H2,1-4H3,(H,18,19)/t12-,13-/m1/s1. The Morgan fingerprint density at radius 1 is 1.26 bits per heavy atom. The molecule has 0 spiro atoms. The maximum atomic E-state index is 14.4. The highest BCUT2D eigenvalue weighted by Gasteiger charge is 2.27. The van der Waals surface area contributed by atoms with Gasteiger partial charge in [0, 0.05) is 6.26 Å². The van der Waals surface area contributed by atoms with Crippen molar-refractivity contribution in [1.29, 1.82) is 0 Å². The molecule has 0 radical (unpaired) electrons. The van der Waals surface area contributed by atoms with Crippen LogP contribution in [0, 0.1) is 0 Å². The van der Waals surface area contributed by atoms with Gasteiger partial charge in [0.1, 0.15) is 18.4 Å². The van der Waals surface area contributed by atoms with Gasteiger partial charge in [-0.05, 0) is 38.5 Å². The summed E-state index contributed by atoms with van der Waals surface area (Å²) in [7, 11) is -3.40. The maximum absolute atomic E-state index is 14.4. The van der Waals surface area contributed by atoms with Crippen molar-refractivity contribution in [2.24, 2.45) is 0 Å². The summed E-state index contributed by atoms with van der Waals surface area (Å²) in [5, 5.41) is 2.14. The summed E-state index contributed by atoms with van der Waals surface area (Å²) in [5.74, 6) is 0. The Balaban J connectivity index is 2.84. The number of benzene rings is 1. The third-order valence-corrected chi connectivity index (χ3v) is 3.98. The van der Waals surface area contributed by atoms with Gasteiger partial charge < -0.3 is 10.1 Å². The number of alkyl halides is 2. The molecule has 2 atom stereocenters. The lowest BCUT2D eigenvalue weighted by molar-refractivity contribution is 0.0459. The molecule has 0 aliphatic carbocycles. The van der Waals surface area contributed by atoms with Crippen LogP contribution in [0.5, 0.6) is 0 Å². The minimum absolute atomic E-state index is 0.0327. The van der Waals surface area contributed by atoms with Gasteiger partial charge in [-0.25, -0.2) is 22.0 Å². The zero-order valence-electron chi connectivity index (χ0n) is 13.5. The number of hydrogen-bond acceptors (Lipinski definition) is 4. The van der Waals surface area contributed by atoms with E-state index in [0.29, 0.717) is 0 Å². The van der Waals surface area contributed by atoms with Crippen molar-refractivity contribution in [2.75, 3.05) is 12.9 Å². The van der Waals surface area contributed by atoms with Crippen LogP contribution < -0.4 is 5.32 Å². The van der Waals surface area contributed by atoms with E-state index in [1.807, 2.05) is 0 Å². The molecule has 8 heteroatoms. The molecule has 1 amide bonds. The van der Waals surface area contributed by atoms with Crippen LogP contribution in [0.1, 0.15) is 32.5 Å². The number of hydrogen-bond donors (Lipinski definition) is 1. The quantitative estimate of drug-likeness (QED) is 0.887. The zero-order valence-corrected chi connectivity index (χ0v) is 14.3. The SMILES string of the molecule is CC(C)(C)OC(=O)N[C@H](CF)[C@H](F)c1ccc(S(C)(=O)=O)cc1. The Labute approximate surface area is 134 Å². The van der Waals surface area contributed by atoms with Crippen molar-refractivity contribution in [3.05, 3.63) is 29.8 Å². The summed E-state index contributed by atoms with van der Waals surface area (Å²) < 4.78 is 55.1. The predicted molar refractivity (Wildman–Crippen MR) is 82.5 cm³/mol. The van der Waals surface area contributed by atoms with Crippen LogP contribution in [0.25, 0.3) is 0 Å². The van der Waals surface area contributed by atoms with Gasteiger partial charge in [-0.3, -0.25) is 0 Å². The highest BCUT2D eigenvalue weighted by Crippen LogP contribution is 2.24. The van der Waals surface area contributed by atoms with Crippen molar-refractivity contribution >= 4 is 15.9 Å². The first-order valence-electron chi connectivity index (χ1n) is 6.93. The topological polar surface area (TPSA) is 72.5 Å². The van der Waals surface area contributed by atoms with Crippen LogP contribution in [-0.2, 0) is 14.6 Å². The molecular weight excluding hydrogens is 328 g/mol. The molecule has 5 nitrogen and oxygen atoms in total. The molecule has 0 saturated carbocycles. The van der Waals surface area contributed by atoms with Crippen molar-refractivity contribution in [3.63, 3.8) is 0 Å². The molecule has 0 aliphatic rings.